The van der Waals surface area contributed by atoms with Crippen molar-refractivity contribution in [2.75, 3.05) is 156 Å². The number of benzene rings is 8. The summed E-state index contributed by atoms with van der Waals surface area (Å²) in [5, 5.41) is 19.1. The standard InChI is InChI=1S/C17H15NS.C15H18N2OS.C14H13N3OS.C14H16N2OS2.C14H10N2S.C13H12F2N2OS.C13H13FN2OS.6CH4/c1-2-13-8-10-15(11-9-13)17-18-16(12-19-17)14-6-4-3-5-7-14;1-2-13-14(12-6-4-3-5-7-12)16-15(19-13)17-8-10-18-11-9-17;1-15-12-4-2-11(3-5-12)13-10-19-14(16-13)17-6-8-18-9-7-17;18-9-11-1-3-12(4-2-11)13-10-19-14(15-13)16-5-7-17-8-6-16;1-2-6-11(7-3-1)13-10-17-14(16-13)12-8-4-5-9-15-12;14-9-1-2-11(15)10(7-9)12-8-19-13(16-12)17-3-5-18-6-4-17;14-11-4-2-1-3-10(11)12-9-18-13(15-12)16-5-7-17-8-6-16;;;;;;/h3-12H,2H2,1H3;3-7H,2,8-11H2,1H3;2-5,10H,6-9H2;1-4,10,18H,5-9H2;1-10H;1-2,7-8H,3-6H2;1-4,9H,5-8H2;6*1H4. The topological polar surface area (TPSA) is 170 Å². The van der Waals surface area contributed by atoms with Crippen LogP contribution in [0.25, 0.3) is 105 Å². The predicted octanol–water partition coefficient (Wildman–Crippen LogP) is 27.9. The molecule has 0 aliphatic carbocycles. The number of ether oxygens (including phenoxy) is 5. The number of hydrogen-bond acceptors (Lipinski definition) is 26. The summed E-state index contributed by atoms with van der Waals surface area (Å²) in [5.41, 5.74) is 18.3. The number of aryl methyl sites for hydroxylation is 2. The van der Waals surface area contributed by atoms with Crippen molar-refractivity contribution in [3.8, 4) is 100 Å². The van der Waals surface area contributed by atoms with Crippen LogP contribution in [0.3, 0.4) is 0 Å². The maximum atomic E-state index is 13.7. The Morgan fingerprint density at radius 1 is 0.331 bits per heavy atom. The molecule has 8 aromatic heterocycles. The molecular weight excluding hydrogens is 1860 g/mol. The van der Waals surface area contributed by atoms with Crippen LogP contribution in [0.4, 0.5) is 44.5 Å². The van der Waals surface area contributed by atoms with E-state index in [0.717, 1.165) is 230 Å². The molecule has 0 bridgehead atoms. The number of thiazole rings is 7. The summed E-state index contributed by atoms with van der Waals surface area (Å²) in [4.78, 5) is 52.7. The average Bonchev–Trinajstić information content (AvgIpc) is 1.72. The van der Waals surface area contributed by atoms with Crippen LogP contribution in [-0.4, -0.2) is 171 Å². The minimum atomic E-state index is -0.461. The zero-order valence-corrected chi connectivity index (χ0v) is 78.5. The first-order valence-electron chi connectivity index (χ1n) is 42.9. The maximum Gasteiger partial charge on any atom is 0.187 e. The lowest BCUT2D eigenvalue weighted by atomic mass is 10.1. The average molecular weight is 1980 g/mol. The number of rotatable bonds is 17. The van der Waals surface area contributed by atoms with Gasteiger partial charge in [-0.2, -0.15) is 12.6 Å². The van der Waals surface area contributed by atoms with Crippen molar-refractivity contribution in [3.63, 3.8) is 0 Å². The lowest BCUT2D eigenvalue weighted by Gasteiger charge is -2.26. The minimum absolute atomic E-state index is 0. The Kier molecular flexibility index (Phi) is 45.0. The monoisotopic (exact) mass is 1980 g/mol. The largest absolute Gasteiger partial charge is 0.378 e. The highest BCUT2D eigenvalue weighted by atomic mass is 32.1. The molecule has 30 heteroatoms. The van der Waals surface area contributed by atoms with Gasteiger partial charge in [0, 0.05) is 153 Å². The van der Waals surface area contributed by atoms with Crippen LogP contribution in [0.15, 0.2) is 263 Å². The van der Waals surface area contributed by atoms with Gasteiger partial charge < -0.3 is 48.2 Å². The molecule has 0 saturated carbocycles. The van der Waals surface area contributed by atoms with Crippen molar-refractivity contribution < 1.29 is 36.9 Å². The molecule has 5 saturated heterocycles. The summed E-state index contributed by atoms with van der Waals surface area (Å²) in [6.45, 7) is 27.7. The first-order valence-corrected chi connectivity index (χ1v) is 49.6. The SMILES string of the molecule is C.C.C.C.C.C.CCc1ccc(-c2nc(-c3ccccc3)cs2)cc1.CCc1sc(N2CCOCC2)nc1-c1ccccc1.Fc1ccc(F)c(-c2csc(N3CCOCC3)n2)c1.Fc1ccccc1-c1csc(N2CCOCC2)n1.SCc1ccc(-c2csc(N3CCOCC3)n2)cc1.[C-]#[N+]c1ccc(-c2csc(N3CCOCC3)n2)cc1.c1ccc(-c2csc(-c3ccccn3)n2)cc1. The van der Waals surface area contributed by atoms with Gasteiger partial charge in [0.1, 0.15) is 27.5 Å². The highest BCUT2D eigenvalue weighted by Gasteiger charge is 2.24. The zero-order chi connectivity index (χ0) is 89.4. The van der Waals surface area contributed by atoms with Crippen molar-refractivity contribution in [2.45, 2.75) is 77.0 Å². The number of nitrogens with zero attached hydrogens (tertiary/aromatic N) is 14. The Bertz CT molecular complexity index is 6080. The highest BCUT2D eigenvalue weighted by Crippen LogP contribution is 2.38. The smallest absolute Gasteiger partial charge is 0.187 e. The number of morpholine rings is 5. The van der Waals surface area contributed by atoms with Crippen LogP contribution in [0.5, 0.6) is 0 Å². The second kappa shape index (κ2) is 56.4. The summed E-state index contributed by atoms with van der Waals surface area (Å²) in [6.07, 6.45) is 3.90. The first-order chi connectivity index (χ1) is 64.0. The van der Waals surface area contributed by atoms with E-state index in [-0.39, 0.29) is 55.9 Å². The normalized spacial score (nSPS) is 13.6. The van der Waals surface area contributed by atoms with E-state index < -0.39 is 11.6 Å². The molecule has 0 atom stereocenters. The fraction of sp³-hybridized carbons (Fsp3) is 0.292. The predicted molar refractivity (Wildman–Crippen MR) is 575 cm³/mol. The van der Waals surface area contributed by atoms with Crippen LogP contribution in [-0.2, 0) is 42.3 Å². The zero-order valence-electron chi connectivity index (χ0n) is 71.9. The molecule has 5 aliphatic heterocycles. The third-order valence-electron chi connectivity index (χ3n) is 21.1. The number of anilines is 5. The van der Waals surface area contributed by atoms with Gasteiger partial charge in [0.05, 0.1) is 118 Å². The number of pyridine rings is 1. The lowest BCUT2D eigenvalue weighted by Crippen LogP contribution is -2.36. The molecule has 13 heterocycles. The summed E-state index contributed by atoms with van der Waals surface area (Å²) < 4.78 is 67.2. The molecule has 5 fully saturated rings. The molecule has 8 aromatic carbocycles. The van der Waals surface area contributed by atoms with E-state index in [9.17, 15) is 13.2 Å². The van der Waals surface area contributed by atoms with E-state index in [4.69, 9.17) is 45.2 Å². The van der Waals surface area contributed by atoms with Crippen molar-refractivity contribution in [2.24, 2.45) is 0 Å². The molecule has 5 aliphatic rings. The molecule has 0 N–H and O–H groups in total. The Hall–Kier alpha value is -11.3. The number of thiol groups is 1. The van der Waals surface area contributed by atoms with Gasteiger partial charge in [-0.1, -0.05) is 240 Å². The number of halogens is 3. The molecule has 16 aromatic rings. The minimum Gasteiger partial charge on any atom is -0.378 e. The van der Waals surface area contributed by atoms with E-state index in [0.29, 0.717) is 35.9 Å². The van der Waals surface area contributed by atoms with Crippen LogP contribution in [0.1, 0.15) is 74.4 Å². The van der Waals surface area contributed by atoms with Gasteiger partial charge in [0.25, 0.3) is 0 Å². The second-order valence-corrected chi connectivity index (χ2v) is 36.2. The fourth-order valence-corrected chi connectivity index (χ4v) is 20.4. The summed E-state index contributed by atoms with van der Waals surface area (Å²) in [6, 6.07) is 71.6. The molecule has 0 radical (unpaired) electrons. The Balaban J connectivity index is 0.000000177. The van der Waals surface area contributed by atoms with E-state index in [2.05, 4.69) is 199 Å². The van der Waals surface area contributed by atoms with Gasteiger partial charge in [-0.3, -0.25) is 4.98 Å². The highest BCUT2D eigenvalue weighted by molar-refractivity contribution is 7.79. The van der Waals surface area contributed by atoms with Crippen molar-refractivity contribution >= 4 is 123 Å². The van der Waals surface area contributed by atoms with Crippen LogP contribution in [0.2, 0.25) is 0 Å². The van der Waals surface area contributed by atoms with Gasteiger partial charge in [0.2, 0.25) is 0 Å². The third-order valence-corrected chi connectivity index (χ3v) is 28.1. The quantitative estimate of drug-likeness (QED) is 0.0674. The number of hydrogen-bond donors (Lipinski definition) is 1. The molecule has 21 rings (SSSR count). The summed E-state index contributed by atoms with van der Waals surface area (Å²) in [7, 11) is 0. The second-order valence-electron chi connectivity index (χ2n) is 29.7. The van der Waals surface area contributed by atoms with Gasteiger partial charge >= 0.3 is 0 Å². The van der Waals surface area contributed by atoms with Crippen LogP contribution < -0.4 is 24.5 Å². The Labute approximate surface area is 834 Å². The van der Waals surface area contributed by atoms with Crippen molar-refractivity contribution in [1.29, 1.82) is 0 Å². The van der Waals surface area contributed by atoms with E-state index >= 15 is 0 Å². The van der Waals surface area contributed by atoms with E-state index in [1.807, 2.05) is 108 Å². The summed E-state index contributed by atoms with van der Waals surface area (Å²) >= 11 is 15.8. The molecule has 0 spiro atoms. The maximum absolute atomic E-state index is 13.7. The Morgan fingerprint density at radius 2 is 0.691 bits per heavy atom. The molecule has 714 valence electrons. The lowest BCUT2D eigenvalue weighted by molar-refractivity contribution is 0.122. The molecule has 19 nitrogen and oxygen atoms in total. The van der Waals surface area contributed by atoms with Gasteiger partial charge in [-0.05, 0) is 72.0 Å². The van der Waals surface area contributed by atoms with Gasteiger partial charge in [-0.15, -0.1) is 79.4 Å². The Morgan fingerprint density at radius 3 is 1.12 bits per heavy atom. The fourth-order valence-electron chi connectivity index (χ4n) is 14.0. The third kappa shape index (κ3) is 30.4. The van der Waals surface area contributed by atoms with Crippen LogP contribution >= 0.6 is 92.0 Å². The molecule has 0 unspecified atom stereocenters. The van der Waals surface area contributed by atoms with Crippen molar-refractivity contribution in [3.05, 3.63) is 308 Å². The molecular formula is C106H121F3N14O5S8. The summed E-state index contributed by atoms with van der Waals surface area (Å²) in [5.74, 6) is -0.370. The van der Waals surface area contributed by atoms with Crippen molar-refractivity contribution in [1.82, 2.24) is 39.9 Å². The molecule has 0 amide bonds. The van der Waals surface area contributed by atoms with E-state index in [1.54, 1.807) is 80.4 Å². The molecule has 136 heavy (non-hydrogen) atoms. The number of aromatic nitrogens is 8. The first kappa shape index (κ1) is 108. The van der Waals surface area contributed by atoms with E-state index in [1.165, 1.54) is 61.7 Å². The van der Waals surface area contributed by atoms with Gasteiger partial charge in [-0.25, -0.2) is 52.9 Å². The van der Waals surface area contributed by atoms with Gasteiger partial charge in [0.15, 0.2) is 31.3 Å². The van der Waals surface area contributed by atoms with Crippen LogP contribution in [0, 0.1) is 24.0 Å².